The van der Waals surface area contributed by atoms with Gasteiger partial charge in [0.25, 0.3) is 5.91 Å². The van der Waals surface area contributed by atoms with Gasteiger partial charge in [0.05, 0.1) is 0 Å². The van der Waals surface area contributed by atoms with Crippen LogP contribution in [-0.4, -0.2) is 56.5 Å². The van der Waals surface area contributed by atoms with Gasteiger partial charge in [-0.3, -0.25) is 4.79 Å². The Balaban J connectivity index is 1.36. The maximum absolute atomic E-state index is 12.9. The number of rotatable bonds is 5. The zero-order chi connectivity index (χ0) is 19.3. The van der Waals surface area contributed by atoms with E-state index >= 15 is 0 Å². The molecule has 3 aromatic rings. The second-order valence-electron chi connectivity index (χ2n) is 6.64. The monoisotopic (exact) mass is 394 g/mol. The molecule has 0 bridgehead atoms. The van der Waals surface area contributed by atoms with Crippen molar-refractivity contribution in [3.63, 3.8) is 0 Å². The first kappa shape index (κ1) is 18.5. The Morgan fingerprint density at radius 3 is 2.54 bits per heavy atom. The van der Waals surface area contributed by atoms with Crippen LogP contribution in [0.15, 0.2) is 60.3 Å². The van der Waals surface area contributed by atoms with E-state index in [1.165, 1.54) is 0 Å². The highest BCUT2D eigenvalue weighted by atomic mass is 32.2. The first-order valence-electron chi connectivity index (χ1n) is 9.21. The summed E-state index contributed by atoms with van der Waals surface area (Å²) < 4.78 is 2.00. The molecule has 0 N–H and O–H groups in total. The number of hydrogen-bond donors (Lipinski definition) is 0. The molecule has 1 fully saturated rings. The van der Waals surface area contributed by atoms with Crippen molar-refractivity contribution in [3.05, 3.63) is 66.2 Å². The van der Waals surface area contributed by atoms with Gasteiger partial charge < -0.3 is 14.4 Å². The van der Waals surface area contributed by atoms with Crippen molar-refractivity contribution in [2.75, 3.05) is 31.1 Å². The molecule has 0 radical (unpaired) electrons. The number of aromatic nitrogens is 4. The van der Waals surface area contributed by atoms with Gasteiger partial charge >= 0.3 is 0 Å². The molecule has 144 valence electrons. The summed E-state index contributed by atoms with van der Waals surface area (Å²) in [6, 6.07) is 9.70. The molecular weight excluding hydrogens is 372 g/mol. The van der Waals surface area contributed by atoms with Crippen LogP contribution >= 0.6 is 11.8 Å². The normalized spacial score (nSPS) is 14.3. The summed E-state index contributed by atoms with van der Waals surface area (Å²) in [5.74, 6) is 1.59. The van der Waals surface area contributed by atoms with Gasteiger partial charge in [0.2, 0.25) is 5.95 Å². The molecule has 0 aliphatic carbocycles. The second kappa shape index (κ2) is 8.43. The fourth-order valence-electron chi connectivity index (χ4n) is 3.18. The second-order valence-corrected chi connectivity index (χ2v) is 7.58. The molecule has 1 aliphatic rings. The minimum atomic E-state index is 0.0810. The molecule has 7 nitrogen and oxygen atoms in total. The first-order valence-corrected chi connectivity index (χ1v) is 10.2. The quantitative estimate of drug-likeness (QED) is 0.620. The molecule has 4 rings (SSSR count). The Bertz CT molecular complexity index is 937. The molecule has 3 heterocycles. The van der Waals surface area contributed by atoms with Crippen LogP contribution in [0.4, 0.5) is 5.95 Å². The Hall–Kier alpha value is -2.87. The van der Waals surface area contributed by atoms with Crippen LogP contribution in [0, 0.1) is 0 Å². The van der Waals surface area contributed by atoms with Crippen LogP contribution < -0.4 is 4.90 Å². The Morgan fingerprint density at radius 2 is 1.82 bits per heavy atom. The topological polar surface area (TPSA) is 67.2 Å². The molecule has 1 aromatic carbocycles. The highest BCUT2D eigenvalue weighted by Gasteiger charge is 2.23. The van der Waals surface area contributed by atoms with E-state index in [0.29, 0.717) is 13.1 Å². The van der Waals surface area contributed by atoms with E-state index < -0.39 is 0 Å². The molecule has 0 saturated carbocycles. The molecule has 0 spiro atoms. The van der Waals surface area contributed by atoms with E-state index in [-0.39, 0.29) is 5.91 Å². The molecule has 0 unspecified atom stereocenters. The standard InChI is InChI=1S/C20H22N6OS/c1-24-9-8-23-20(24)28-15-16-4-2-5-17(14-16)18(27)25-10-12-26(13-11-25)19-21-6-3-7-22-19/h2-9,14H,10-13,15H2,1H3. The Kier molecular flexibility index (Phi) is 5.57. The Labute approximate surface area is 168 Å². The van der Waals surface area contributed by atoms with Crippen LogP contribution in [0.1, 0.15) is 15.9 Å². The van der Waals surface area contributed by atoms with E-state index in [1.54, 1.807) is 30.4 Å². The number of aryl methyl sites for hydroxylation is 1. The van der Waals surface area contributed by atoms with Crippen LogP contribution in [0.3, 0.4) is 0 Å². The van der Waals surface area contributed by atoms with E-state index in [9.17, 15) is 4.79 Å². The number of hydrogen-bond acceptors (Lipinski definition) is 6. The van der Waals surface area contributed by atoms with Crippen molar-refractivity contribution in [3.8, 4) is 0 Å². The number of amides is 1. The van der Waals surface area contributed by atoms with Crippen LogP contribution in [0.25, 0.3) is 0 Å². The third-order valence-electron chi connectivity index (χ3n) is 4.72. The summed E-state index contributed by atoms with van der Waals surface area (Å²) in [5, 5.41) is 0.969. The lowest BCUT2D eigenvalue weighted by Gasteiger charge is -2.34. The van der Waals surface area contributed by atoms with E-state index in [1.807, 2.05) is 47.0 Å². The first-order chi connectivity index (χ1) is 13.7. The van der Waals surface area contributed by atoms with Crippen molar-refractivity contribution in [1.29, 1.82) is 0 Å². The van der Waals surface area contributed by atoms with Crippen molar-refractivity contribution in [2.24, 2.45) is 7.05 Å². The number of carbonyl (C=O) groups excluding carboxylic acids is 1. The van der Waals surface area contributed by atoms with Gasteiger partial charge in [-0.1, -0.05) is 23.9 Å². The molecular formula is C20H22N6OS. The minimum absolute atomic E-state index is 0.0810. The summed E-state index contributed by atoms with van der Waals surface area (Å²) >= 11 is 1.67. The number of benzene rings is 1. The van der Waals surface area contributed by atoms with Gasteiger partial charge in [-0.15, -0.1) is 0 Å². The van der Waals surface area contributed by atoms with Gasteiger partial charge in [0.1, 0.15) is 0 Å². The molecule has 0 atom stereocenters. The number of piperazine rings is 1. The number of nitrogens with zero attached hydrogens (tertiary/aromatic N) is 6. The molecule has 8 heteroatoms. The summed E-state index contributed by atoms with van der Waals surface area (Å²) in [6.45, 7) is 2.82. The minimum Gasteiger partial charge on any atom is -0.337 e. The van der Waals surface area contributed by atoms with Gasteiger partial charge in [-0.25, -0.2) is 15.0 Å². The van der Waals surface area contributed by atoms with Gasteiger partial charge in [-0.05, 0) is 23.8 Å². The lowest BCUT2D eigenvalue weighted by Crippen LogP contribution is -2.49. The zero-order valence-corrected chi connectivity index (χ0v) is 16.5. The molecule has 1 saturated heterocycles. The summed E-state index contributed by atoms with van der Waals surface area (Å²) in [5.41, 5.74) is 1.86. The average molecular weight is 395 g/mol. The fourth-order valence-corrected chi connectivity index (χ4v) is 4.05. The van der Waals surface area contributed by atoms with E-state index in [2.05, 4.69) is 25.9 Å². The van der Waals surface area contributed by atoms with Crippen LogP contribution in [0.2, 0.25) is 0 Å². The molecule has 2 aromatic heterocycles. The maximum Gasteiger partial charge on any atom is 0.253 e. The summed E-state index contributed by atoms with van der Waals surface area (Å²) in [4.78, 5) is 29.9. The highest BCUT2D eigenvalue weighted by Crippen LogP contribution is 2.21. The molecule has 1 amide bonds. The maximum atomic E-state index is 12.9. The van der Waals surface area contributed by atoms with Gasteiger partial charge in [0.15, 0.2) is 5.16 Å². The van der Waals surface area contributed by atoms with Gasteiger partial charge in [0, 0.05) is 69.3 Å². The van der Waals surface area contributed by atoms with E-state index in [4.69, 9.17) is 0 Å². The lowest BCUT2D eigenvalue weighted by atomic mass is 10.1. The third kappa shape index (κ3) is 4.17. The number of thioether (sulfide) groups is 1. The smallest absolute Gasteiger partial charge is 0.253 e. The summed E-state index contributed by atoms with van der Waals surface area (Å²) in [6.07, 6.45) is 7.22. The Morgan fingerprint density at radius 1 is 1.04 bits per heavy atom. The molecule has 28 heavy (non-hydrogen) atoms. The molecule has 1 aliphatic heterocycles. The van der Waals surface area contributed by atoms with Crippen molar-refractivity contribution < 1.29 is 4.79 Å². The van der Waals surface area contributed by atoms with Crippen LogP contribution in [0.5, 0.6) is 0 Å². The van der Waals surface area contributed by atoms with Crippen molar-refractivity contribution >= 4 is 23.6 Å². The predicted octanol–water partition coefficient (Wildman–Crippen LogP) is 2.46. The zero-order valence-electron chi connectivity index (χ0n) is 15.7. The average Bonchev–Trinajstić information content (AvgIpc) is 3.17. The lowest BCUT2D eigenvalue weighted by molar-refractivity contribution is 0.0746. The van der Waals surface area contributed by atoms with Crippen LogP contribution in [-0.2, 0) is 12.8 Å². The fraction of sp³-hybridized carbons (Fsp3) is 0.300. The van der Waals surface area contributed by atoms with E-state index in [0.717, 1.165) is 41.1 Å². The largest absolute Gasteiger partial charge is 0.337 e. The number of imidazole rings is 1. The third-order valence-corrected chi connectivity index (χ3v) is 5.85. The number of carbonyl (C=O) groups is 1. The van der Waals surface area contributed by atoms with Crippen molar-refractivity contribution in [1.82, 2.24) is 24.4 Å². The SMILES string of the molecule is Cn1ccnc1SCc1cccc(C(=O)N2CCN(c3ncccn3)CC2)c1. The summed E-state index contributed by atoms with van der Waals surface area (Å²) in [7, 11) is 1.98. The van der Waals surface area contributed by atoms with Gasteiger partial charge in [-0.2, -0.15) is 0 Å². The van der Waals surface area contributed by atoms with Crippen molar-refractivity contribution in [2.45, 2.75) is 10.9 Å². The highest BCUT2D eigenvalue weighted by molar-refractivity contribution is 7.98. The number of anilines is 1. The predicted molar refractivity (Wildman–Crippen MR) is 109 cm³/mol.